The average Bonchev–Trinajstić information content (AvgIpc) is 3.06. The van der Waals surface area contributed by atoms with Gasteiger partial charge in [0.1, 0.15) is 24.7 Å². The molecule has 0 saturated heterocycles. The Hall–Kier alpha value is -4.13. The number of esters is 1. The topological polar surface area (TPSA) is 82.1 Å². The number of amides is 2. The van der Waals surface area contributed by atoms with Crippen LogP contribution in [-0.4, -0.2) is 38.1 Å². The summed E-state index contributed by atoms with van der Waals surface area (Å²) in [6, 6.07) is 18.6. The van der Waals surface area contributed by atoms with E-state index in [0.29, 0.717) is 11.4 Å². The number of methoxy groups -OCH3 is 1. The maximum atomic E-state index is 12.9. The minimum atomic E-state index is -0.597. The number of rotatable bonds is 7. The highest BCUT2D eigenvalue weighted by Crippen LogP contribution is 2.31. The summed E-state index contributed by atoms with van der Waals surface area (Å²) in [5.41, 5.74) is 1.97. The zero-order chi connectivity index (χ0) is 22.7. The minimum absolute atomic E-state index is 0.0319. The second-order valence-electron chi connectivity index (χ2n) is 7.15. The molecular weight excluding hydrogens is 410 g/mol. The number of para-hydroxylation sites is 1. The first-order chi connectivity index (χ1) is 15.5. The second kappa shape index (κ2) is 8.93. The molecular formula is C25H21NO6. The molecule has 32 heavy (non-hydrogen) atoms. The number of anilines is 1. The Balaban J connectivity index is 1.40. The van der Waals surface area contributed by atoms with Crippen molar-refractivity contribution < 1.29 is 28.6 Å². The minimum Gasteiger partial charge on any atom is -0.497 e. The molecule has 0 bridgehead atoms. The van der Waals surface area contributed by atoms with Gasteiger partial charge in [0.2, 0.25) is 0 Å². The maximum Gasteiger partial charge on any atom is 0.338 e. The monoisotopic (exact) mass is 431 g/mol. The number of carbonyl (C=O) groups is 3. The molecule has 4 rings (SSSR count). The molecule has 1 aliphatic heterocycles. The fourth-order valence-electron chi connectivity index (χ4n) is 3.45. The Morgan fingerprint density at radius 2 is 1.53 bits per heavy atom. The lowest BCUT2D eigenvalue weighted by Crippen LogP contribution is -2.29. The number of aryl methyl sites for hydroxylation is 1. The Morgan fingerprint density at radius 3 is 2.25 bits per heavy atom. The summed E-state index contributed by atoms with van der Waals surface area (Å²) in [6.45, 7) is 2.03. The predicted molar refractivity (Wildman–Crippen MR) is 118 cm³/mol. The van der Waals surface area contributed by atoms with Crippen molar-refractivity contribution in [2.24, 2.45) is 0 Å². The first-order valence-electron chi connectivity index (χ1n) is 10.0. The zero-order valence-corrected chi connectivity index (χ0v) is 17.7. The molecule has 0 radical (unpaired) electrons. The Morgan fingerprint density at radius 1 is 0.844 bits per heavy atom. The summed E-state index contributed by atoms with van der Waals surface area (Å²) in [4.78, 5) is 39.3. The van der Waals surface area contributed by atoms with Crippen molar-refractivity contribution in [2.75, 3.05) is 25.2 Å². The van der Waals surface area contributed by atoms with Crippen LogP contribution in [0.4, 0.5) is 5.69 Å². The van der Waals surface area contributed by atoms with Crippen LogP contribution in [0.3, 0.4) is 0 Å². The van der Waals surface area contributed by atoms with Crippen LogP contribution in [0.15, 0.2) is 66.7 Å². The molecule has 1 heterocycles. The number of benzene rings is 3. The summed E-state index contributed by atoms with van der Waals surface area (Å²) in [5.74, 6) is -0.126. The highest BCUT2D eigenvalue weighted by Gasteiger charge is 2.37. The lowest BCUT2D eigenvalue weighted by Gasteiger charge is -2.16. The van der Waals surface area contributed by atoms with E-state index in [9.17, 15) is 14.4 Å². The van der Waals surface area contributed by atoms with Crippen molar-refractivity contribution in [3.8, 4) is 11.5 Å². The summed E-state index contributed by atoms with van der Waals surface area (Å²) in [7, 11) is 1.58. The first kappa shape index (κ1) is 21.1. The van der Waals surface area contributed by atoms with E-state index in [2.05, 4.69) is 0 Å². The molecule has 0 saturated carbocycles. The van der Waals surface area contributed by atoms with Gasteiger partial charge >= 0.3 is 5.97 Å². The van der Waals surface area contributed by atoms with Crippen LogP contribution in [0.1, 0.15) is 36.6 Å². The van der Waals surface area contributed by atoms with Crippen LogP contribution >= 0.6 is 0 Å². The van der Waals surface area contributed by atoms with Gasteiger partial charge in [-0.05, 0) is 61.0 Å². The van der Waals surface area contributed by atoms with Gasteiger partial charge in [0.25, 0.3) is 11.8 Å². The molecule has 7 heteroatoms. The molecule has 3 aromatic rings. The van der Waals surface area contributed by atoms with E-state index in [1.54, 1.807) is 43.5 Å². The molecule has 162 valence electrons. The first-order valence-corrected chi connectivity index (χ1v) is 10.0. The molecule has 1 aliphatic rings. The molecule has 0 fully saturated rings. The third-order valence-electron chi connectivity index (χ3n) is 5.12. The van der Waals surface area contributed by atoms with Crippen LogP contribution in [0.5, 0.6) is 11.5 Å². The SMILES string of the molecule is COc1ccc(OCCOC(=O)c2ccc3c(c2)C(=O)N(c2ccccc2C)C3=O)cc1. The highest BCUT2D eigenvalue weighted by atomic mass is 16.6. The van der Waals surface area contributed by atoms with Gasteiger partial charge in [-0.1, -0.05) is 18.2 Å². The van der Waals surface area contributed by atoms with E-state index in [0.717, 1.165) is 16.2 Å². The Kier molecular flexibility index (Phi) is 5.89. The van der Waals surface area contributed by atoms with Gasteiger partial charge in [-0.25, -0.2) is 9.69 Å². The number of fused-ring (bicyclic) bond motifs is 1. The summed E-state index contributed by atoms with van der Waals surface area (Å²) in [6.07, 6.45) is 0. The van der Waals surface area contributed by atoms with Gasteiger partial charge in [-0.15, -0.1) is 0 Å². The van der Waals surface area contributed by atoms with E-state index in [-0.39, 0.29) is 29.9 Å². The normalized spacial score (nSPS) is 12.5. The predicted octanol–water partition coefficient (Wildman–Crippen LogP) is 4.04. The van der Waals surface area contributed by atoms with Gasteiger partial charge in [-0.2, -0.15) is 0 Å². The van der Waals surface area contributed by atoms with E-state index in [4.69, 9.17) is 14.2 Å². The molecule has 0 atom stereocenters. The third kappa shape index (κ3) is 4.05. The van der Waals surface area contributed by atoms with Crippen LogP contribution in [-0.2, 0) is 4.74 Å². The molecule has 0 aromatic heterocycles. The third-order valence-corrected chi connectivity index (χ3v) is 5.12. The molecule has 3 aromatic carbocycles. The van der Waals surface area contributed by atoms with Gasteiger partial charge < -0.3 is 14.2 Å². The molecule has 0 unspecified atom stereocenters. The van der Waals surface area contributed by atoms with E-state index in [1.165, 1.54) is 18.2 Å². The number of ether oxygens (including phenoxy) is 3. The smallest absolute Gasteiger partial charge is 0.338 e. The van der Waals surface area contributed by atoms with Gasteiger partial charge in [-0.3, -0.25) is 9.59 Å². The molecule has 0 aliphatic carbocycles. The largest absolute Gasteiger partial charge is 0.497 e. The quantitative estimate of drug-likeness (QED) is 0.319. The Labute approximate surface area is 185 Å². The molecule has 0 N–H and O–H groups in total. The zero-order valence-electron chi connectivity index (χ0n) is 17.7. The highest BCUT2D eigenvalue weighted by molar-refractivity contribution is 6.34. The maximum absolute atomic E-state index is 12.9. The lowest BCUT2D eigenvalue weighted by atomic mass is 10.1. The average molecular weight is 431 g/mol. The van der Waals surface area contributed by atoms with Crippen molar-refractivity contribution in [3.63, 3.8) is 0 Å². The van der Waals surface area contributed by atoms with Gasteiger partial charge in [0.05, 0.1) is 29.5 Å². The summed E-state index contributed by atoms with van der Waals surface area (Å²) in [5, 5.41) is 0. The molecule has 7 nitrogen and oxygen atoms in total. The second-order valence-corrected chi connectivity index (χ2v) is 7.15. The van der Waals surface area contributed by atoms with Gasteiger partial charge in [0, 0.05) is 0 Å². The van der Waals surface area contributed by atoms with E-state index >= 15 is 0 Å². The number of hydrogen-bond donors (Lipinski definition) is 0. The molecule has 0 spiro atoms. The van der Waals surface area contributed by atoms with Crippen LogP contribution in [0.25, 0.3) is 0 Å². The number of hydrogen-bond acceptors (Lipinski definition) is 6. The van der Waals surface area contributed by atoms with E-state index in [1.807, 2.05) is 19.1 Å². The van der Waals surface area contributed by atoms with E-state index < -0.39 is 17.8 Å². The molecule has 2 amide bonds. The van der Waals surface area contributed by atoms with Crippen molar-refractivity contribution in [3.05, 3.63) is 89.0 Å². The van der Waals surface area contributed by atoms with Crippen molar-refractivity contribution in [2.45, 2.75) is 6.92 Å². The number of carbonyl (C=O) groups excluding carboxylic acids is 3. The fraction of sp³-hybridized carbons (Fsp3) is 0.160. The summed E-state index contributed by atoms with van der Waals surface area (Å²) < 4.78 is 15.9. The lowest BCUT2D eigenvalue weighted by molar-refractivity contribution is 0.0450. The van der Waals surface area contributed by atoms with Crippen LogP contribution < -0.4 is 14.4 Å². The van der Waals surface area contributed by atoms with Crippen molar-refractivity contribution >= 4 is 23.5 Å². The van der Waals surface area contributed by atoms with Crippen LogP contribution in [0.2, 0.25) is 0 Å². The number of nitrogens with zero attached hydrogens (tertiary/aromatic N) is 1. The van der Waals surface area contributed by atoms with Gasteiger partial charge in [0.15, 0.2) is 0 Å². The number of imide groups is 1. The van der Waals surface area contributed by atoms with Crippen LogP contribution in [0, 0.1) is 6.92 Å². The van der Waals surface area contributed by atoms with Crippen molar-refractivity contribution in [1.29, 1.82) is 0 Å². The standard InChI is InChI=1S/C25H21NO6/c1-16-5-3-4-6-22(16)26-23(27)20-12-7-17(15-21(20)24(26)28)25(29)32-14-13-31-19-10-8-18(30-2)9-11-19/h3-12,15H,13-14H2,1-2H3. The fourth-order valence-corrected chi connectivity index (χ4v) is 3.45. The van der Waals surface area contributed by atoms with Crippen molar-refractivity contribution in [1.82, 2.24) is 0 Å². The Bertz CT molecular complexity index is 1190. The summed E-state index contributed by atoms with van der Waals surface area (Å²) >= 11 is 0.